The highest BCUT2D eigenvalue weighted by Gasteiger charge is 2.12. The van der Waals surface area contributed by atoms with Crippen LogP contribution in [0.3, 0.4) is 0 Å². The number of pyridine rings is 1. The Bertz CT molecular complexity index is 560. The van der Waals surface area contributed by atoms with Crippen molar-refractivity contribution in [2.24, 2.45) is 0 Å². The molecule has 2 heterocycles. The molecule has 0 atom stereocenters. The lowest BCUT2D eigenvalue weighted by Crippen LogP contribution is -2.17. The lowest BCUT2D eigenvalue weighted by Gasteiger charge is -2.19. The number of nitrogens with one attached hydrogen (secondary N) is 1. The molecule has 1 aliphatic heterocycles. The van der Waals surface area contributed by atoms with Gasteiger partial charge in [0.05, 0.1) is 0 Å². The topological polar surface area (TPSA) is 28.2 Å². The molecule has 1 saturated heterocycles. The molecular weight excluding hydrogens is 246 g/mol. The Hall–Kier alpha value is -2.03. The number of benzene rings is 1. The molecule has 1 aliphatic rings. The van der Waals surface area contributed by atoms with Gasteiger partial charge in [0.2, 0.25) is 0 Å². The first-order valence-electron chi connectivity index (χ1n) is 7.31. The summed E-state index contributed by atoms with van der Waals surface area (Å²) in [4.78, 5) is 6.61. The summed E-state index contributed by atoms with van der Waals surface area (Å²) in [6.07, 6.45) is 6.35. The first kappa shape index (κ1) is 13.0. The van der Waals surface area contributed by atoms with E-state index in [4.69, 9.17) is 0 Å². The van der Waals surface area contributed by atoms with E-state index in [0.29, 0.717) is 0 Å². The van der Waals surface area contributed by atoms with Crippen LogP contribution >= 0.6 is 0 Å². The molecule has 0 aliphatic carbocycles. The Morgan fingerprint density at radius 2 is 2.05 bits per heavy atom. The molecule has 0 radical (unpaired) electrons. The van der Waals surface area contributed by atoms with Gasteiger partial charge in [-0.25, -0.2) is 0 Å². The Morgan fingerprint density at radius 3 is 2.75 bits per heavy atom. The van der Waals surface area contributed by atoms with Crippen LogP contribution in [-0.4, -0.2) is 18.1 Å². The lowest BCUT2D eigenvalue weighted by atomic mass is 10.1. The maximum absolute atomic E-state index is 4.14. The molecule has 104 valence electrons. The van der Waals surface area contributed by atoms with Gasteiger partial charge in [0.25, 0.3) is 0 Å². The van der Waals surface area contributed by atoms with Crippen molar-refractivity contribution in [3.63, 3.8) is 0 Å². The molecule has 20 heavy (non-hydrogen) atoms. The maximum Gasteiger partial charge on any atom is 0.0416 e. The zero-order valence-electron chi connectivity index (χ0n) is 12.0. The molecule has 1 fully saturated rings. The van der Waals surface area contributed by atoms with Crippen molar-refractivity contribution in [3.05, 3.63) is 53.9 Å². The summed E-state index contributed by atoms with van der Waals surface area (Å²) < 4.78 is 0. The fourth-order valence-electron chi connectivity index (χ4n) is 2.72. The van der Waals surface area contributed by atoms with Gasteiger partial charge in [-0.3, -0.25) is 4.98 Å². The molecule has 3 nitrogen and oxygen atoms in total. The number of hydrogen-bond acceptors (Lipinski definition) is 3. The normalized spacial score (nSPS) is 14.6. The zero-order chi connectivity index (χ0) is 13.8. The smallest absolute Gasteiger partial charge is 0.0416 e. The van der Waals surface area contributed by atoms with Crippen LogP contribution in [0.1, 0.15) is 24.0 Å². The van der Waals surface area contributed by atoms with E-state index in [-0.39, 0.29) is 0 Å². The highest BCUT2D eigenvalue weighted by atomic mass is 15.1. The van der Waals surface area contributed by atoms with E-state index < -0.39 is 0 Å². The second-order valence-corrected chi connectivity index (χ2v) is 5.41. The van der Waals surface area contributed by atoms with Crippen molar-refractivity contribution in [2.45, 2.75) is 26.3 Å². The third-order valence-corrected chi connectivity index (χ3v) is 3.89. The fourth-order valence-corrected chi connectivity index (χ4v) is 2.72. The first-order valence-corrected chi connectivity index (χ1v) is 7.31. The van der Waals surface area contributed by atoms with Crippen LogP contribution in [0.15, 0.2) is 42.7 Å². The first-order chi connectivity index (χ1) is 9.83. The predicted octanol–water partition coefficient (Wildman–Crippen LogP) is 3.60. The van der Waals surface area contributed by atoms with Crippen molar-refractivity contribution in [2.75, 3.05) is 23.3 Å². The van der Waals surface area contributed by atoms with Crippen molar-refractivity contribution in [3.8, 4) is 0 Å². The van der Waals surface area contributed by atoms with Crippen molar-refractivity contribution >= 4 is 11.4 Å². The van der Waals surface area contributed by atoms with Gasteiger partial charge < -0.3 is 10.2 Å². The lowest BCUT2D eigenvalue weighted by molar-refractivity contribution is 0.949. The van der Waals surface area contributed by atoms with Gasteiger partial charge in [-0.1, -0.05) is 6.07 Å². The number of rotatable bonds is 4. The molecule has 3 rings (SSSR count). The Morgan fingerprint density at radius 1 is 1.20 bits per heavy atom. The Labute approximate surface area is 120 Å². The van der Waals surface area contributed by atoms with E-state index in [1.165, 1.54) is 48.4 Å². The number of anilines is 2. The van der Waals surface area contributed by atoms with Gasteiger partial charge in [-0.05, 0) is 55.2 Å². The van der Waals surface area contributed by atoms with Gasteiger partial charge in [0.1, 0.15) is 0 Å². The monoisotopic (exact) mass is 267 g/mol. The van der Waals surface area contributed by atoms with Crippen molar-refractivity contribution < 1.29 is 0 Å². The number of aromatic nitrogens is 1. The summed E-state index contributed by atoms with van der Waals surface area (Å²) in [5.41, 5.74) is 5.07. The van der Waals surface area contributed by atoms with E-state index in [2.05, 4.69) is 46.4 Å². The Balaban J connectivity index is 1.68. The minimum Gasteiger partial charge on any atom is -0.381 e. The second-order valence-electron chi connectivity index (χ2n) is 5.41. The minimum absolute atomic E-state index is 0.817. The minimum atomic E-state index is 0.817. The zero-order valence-corrected chi connectivity index (χ0v) is 12.0. The standard InChI is InChI=1S/C17H21N3/c1-14-11-16(20-9-2-3-10-20)6-7-17(14)19-13-15-5-4-8-18-12-15/h4-8,11-12,19H,2-3,9-10,13H2,1H3. The van der Waals surface area contributed by atoms with Gasteiger partial charge in [0, 0.05) is 43.4 Å². The maximum atomic E-state index is 4.14. The molecule has 1 N–H and O–H groups in total. The average Bonchev–Trinajstić information content (AvgIpc) is 3.01. The molecular formula is C17H21N3. The summed E-state index contributed by atoms with van der Waals surface area (Å²) in [5.74, 6) is 0. The van der Waals surface area contributed by atoms with Gasteiger partial charge in [-0.2, -0.15) is 0 Å². The Kier molecular flexibility index (Phi) is 3.86. The van der Waals surface area contributed by atoms with Crippen molar-refractivity contribution in [1.29, 1.82) is 0 Å². The summed E-state index contributed by atoms with van der Waals surface area (Å²) >= 11 is 0. The molecule has 0 unspecified atom stereocenters. The molecule has 0 spiro atoms. The fraction of sp³-hybridized carbons (Fsp3) is 0.353. The van der Waals surface area contributed by atoms with Crippen LogP contribution < -0.4 is 10.2 Å². The third-order valence-electron chi connectivity index (χ3n) is 3.89. The van der Waals surface area contributed by atoms with Crippen LogP contribution in [0, 0.1) is 6.92 Å². The third kappa shape index (κ3) is 2.93. The van der Waals surface area contributed by atoms with Crippen LogP contribution in [0.2, 0.25) is 0 Å². The van der Waals surface area contributed by atoms with Crippen LogP contribution in [0.5, 0.6) is 0 Å². The molecule has 1 aromatic carbocycles. The predicted molar refractivity (Wildman–Crippen MR) is 84.2 cm³/mol. The van der Waals surface area contributed by atoms with E-state index in [0.717, 1.165) is 6.54 Å². The van der Waals surface area contributed by atoms with E-state index >= 15 is 0 Å². The molecule has 1 aromatic heterocycles. The molecule has 0 amide bonds. The molecule has 0 saturated carbocycles. The quantitative estimate of drug-likeness (QED) is 0.917. The summed E-state index contributed by atoms with van der Waals surface area (Å²) in [6.45, 7) is 5.38. The molecule has 3 heteroatoms. The second kappa shape index (κ2) is 5.95. The number of nitrogens with zero attached hydrogens (tertiary/aromatic N) is 2. The largest absolute Gasteiger partial charge is 0.381 e. The number of aryl methyl sites for hydroxylation is 1. The van der Waals surface area contributed by atoms with E-state index in [9.17, 15) is 0 Å². The molecule has 2 aromatic rings. The van der Waals surface area contributed by atoms with Gasteiger partial charge >= 0.3 is 0 Å². The van der Waals surface area contributed by atoms with Crippen LogP contribution in [0.4, 0.5) is 11.4 Å². The number of hydrogen-bond donors (Lipinski definition) is 1. The summed E-state index contributed by atoms with van der Waals surface area (Å²) in [7, 11) is 0. The summed E-state index contributed by atoms with van der Waals surface area (Å²) in [6, 6.07) is 10.8. The van der Waals surface area contributed by atoms with Gasteiger partial charge in [0.15, 0.2) is 0 Å². The molecule has 0 bridgehead atoms. The van der Waals surface area contributed by atoms with Crippen molar-refractivity contribution in [1.82, 2.24) is 4.98 Å². The SMILES string of the molecule is Cc1cc(N2CCCC2)ccc1NCc1cccnc1. The van der Waals surface area contributed by atoms with E-state index in [1.54, 1.807) is 6.20 Å². The highest BCUT2D eigenvalue weighted by Crippen LogP contribution is 2.25. The van der Waals surface area contributed by atoms with Crippen LogP contribution in [0.25, 0.3) is 0 Å². The highest BCUT2D eigenvalue weighted by molar-refractivity contribution is 5.60. The van der Waals surface area contributed by atoms with Crippen LogP contribution in [-0.2, 0) is 6.54 Å². The van der Waals surface area contributed by atoms with E-state index in [1.807, 2.05) is 12.3 Å². The average molecular weight is 267 g/mol. The van der Waals surface area contributed by atoms with Gasteiger partial charge in [-0.15, -0.1) is 0 Å². The summed E-state index contributed by atoms with van der Waals surface area (Å²) in [5, 5.41) is 3.49.